The zero-order valence-electron chi connectivity index (χ0n) is 14.0. The minimum absolute atomic E-state index is 0.103. The number of rotatable bonds is 3. The third kappa shape index (κ3) is 3.07. The zero-order valence-corrected chi connectivity index (χ0v) is 14.9. The van der Waals surface area contributed by atoms with Crippen LogP contribution in [0, 0.1) is 13.8 Å². The standard InChI is InChI=1S/C16H18N6O2S/c1-10-5-7-25-14(10)16(23)21-6-3-4-12(8-21)22-9-13(18-20-22)15-17-11(2)24-19-15/h5,7,9,12H,3-4,6,8H2,1-2H3/t12-/m0/s1. The Balaban J connectivity index is 1.51. The number of thiophene rings is 1. The summed E-state index contributed by atoms with van der Waals surface area (Å²) in [6, 6.07) is 2.09. The number of nitrogens with zero attached hydrogens (tertiary/aromatic N) is 6. The summed E-state index contributed by atoms with van der Waals surface area (Å²) >= 11 is 1.50. The van der Waals surface area contributed by atoms with Crippen molar-refractivity contribution in [2.75, 3.05) is 13.1 Å². The first-order valence-corrected chi connectivity index (χ1v) is 9.05. The van der Waals surface area contributed by atoms with Gasteiger partial charge in [0.25, 0.3) is 5.91 Å². The van der Waals surface area contributed by atoms with Gasteiger partial charge >= 0.3 is 0 Å². The smallest absolute Gasteiger partial charge is 0.264 e. The van der Waals surface area contributed by atoms with Gasteiger partial charge < -0.3 is 9.42 Å². The lowest BCUT2D eigenvalue weighted by molar-refractivity contribution is 0.0676. The molecule has 1 amide bonds. The third-order valence-corrected chi connectivity index (χ3v) is 5.39. The molecule has 0 aromatic carbocycles. The highest BCUT2D eigenvalue weighted by atomic mass is 32.1. The minimum Gasteiger partial charge on any atom is -0.339 e. The van der Waals surface area contributed by atoms with Crippen LogP contribution in [0.2, 0.25) is 0 Å². The van der Waals surface area contributed by atoms with Gasteiger partial charge in [0.2, 0.25) is 11.7 Å². The van der Waals surface area contributed by atoms with Crippen LogP contribution in [0.4, 0.5) is 0 Å². The monoisotopic (exact) mass is 358 g/mol. The van der Waals surface area contributed by atoms with Crippen molar-refractivity contribution >= 4 is 17.2 Å². The normalized spacial score (nSPS) is 17.8. The summed E-state index contributed by atoms with van der Waals surface area (Å²) in [6.07, 6.45) is 3.72. The molecule has 0 unspecified atom stereocenters. The van der Waals surface area contributed by atoms with E-state index < -0.39 is 0 Å². The largest absolute Gasteiger partial charge is 0.339 e. The lowest BCUT2D eigenvalue weighted by atomic mass is 10.1. The summed E-state index contributed by atoms with van der Waals surface area (Å²) in [5, 5.41) is 14.2. The summed E-state index contributed by atoms with van der Waals surface area (Å²) in [5.74, 6) is 1.03. The Labute approximate surface area is 148 Å². The van der Waals surface area contributed by atoms with Crippen molar-refractivity contribution in [3.63, 3.8) is 0 Å². The highest BCUT2D eigenvalue weighted by molar-refractivity contribution is 7.12. The van der Waals surface area contributed by atoms with Crippen LogP contribution in [-0.2, 0) is 0 Å². The highest BCUT2D eigenvalue weighted by Crippen LogP contribution is 2.26. The maximum absolute atomic E-state index is 12.7. The minimum atomic E-state index is 0.103. The Morgan fingerprint density at radius 1 is 1.40 bits per heavy atom. The molecule has 1 aliphatic rings. The predicted molar refractivity (Wildman–Crippen MR) is 91.3 cm³/mol. The molecule has 130 valence electrons. The van der Waals surface area contributed by atoms with Gasteiger partial charge in [-0.3, -0.25) is 4.79 Å². The molecule has 9 heteroatoms. The number of carbonyl (C=O) groups excluding carboxylic acids is 1. The number of carbonyl (C=O) groups is 1. The molecule has 1 saturated heterocycles. The van der Waals surface area contributed by atoms with Crippen molar-refractivity contribution in [2.45, 2.75) is 32.7 Å². The molecule has 1 atom stereocenters. The fourth-order valence-corrected chi connectivity index (χ4v) is 3.94. The van der Waals surface area contributed by atoms with Crippen LogP contribution < -0.4 is 0 Å². The number of likely N-dealkylation sites (tertiary alicyclic amines) is 1. The summed E-state index contributed by atoms with van der Waals surface area (Å²) < 4.78 is 6.79. The summed E-state index contributed by atoms with van der Waals surface area (Å²) in [4.78, 5) is 19.6. The van der Waals surface area contributed by atoms with E-state index in [9.17, 15) is 4.79 Å². The zero-order chi connectivity index (χ0) is 17.4. The quantitative estimate of drug-likeness (QED) is 0.714. The second-order valence-corrected chi connectivity index (χ2v) is 7.12. The molecule has 1 fully saturated rings. The molecule has 3 aromatic heterocycles. The van der Waals surface area contributed by atoms with Crippen LogP contribution in [-0.4, -0.2) is 49.0 Å². The Morgan fingerprint density at radius 2 is 2.28 bits per heavy atom. The van der Waals surface area contributed by atoms with Crippen LogP contribution in [0.25, 0.3) is 11.5 Å². The third-order valence-electron chi connectivity index (χ3n) is 4.38. The van der Waals surface area contributed by atoms with Crippen LogP contribution in [0.15, 0.2) is 22.2 Å². The molecule has 0 radical (unpaired) electrons. The van der Waals surface area contributed by atoms with Crippen molar-refractivity contribution in [1.82, 2.24) is 30.0 Å². The average molecular weight is 358 g/mol. The van der Waals surface area contributed by atoms with Crippen LogP contribution >= 0.6 is 11.3 Å². The number of aryl methyl sites for hydroxylation is 2. The molecule has 8 nitrogen and oxygen atoms in total. The Hall–Kier alpha value is -2.55. The molecule has 4 heterocycles. The van der Waals surface area contributed by atoms with E-state index in [2.05, 4.69) is 20.5 Å². The van der Waals surface area contributed by atoms with E-state index in [-0.39, 0.29) is 11.9 Å². The molecule has 0 bridgehead atoms. The molecule has 1 aliphatic heterocycles. The Morgan fingerprint density at radius 3 is 3.00 bits per heavy atom. The first-order chi connectivity index (χ1) is 12.1. The van der Waals surface area contributed by atoms with Gasteiger partial charge in [-0.25, -0.2) is 4.68 Å². The van der Waals surface area contributed by atoms with Gasteiger partial charge in [-0.2, -0.15) is 4.98 Å². The number of hydrogen-bond acceptors (Lipinski definition) is 7. The molecule has 3 aromatic rings. The van der Waals surface area contributed by atoms with E-state index in [1.54, 1.807) is 6.92 Å². The molecule has 4 rings (SSSR count). The summed E-state index contributed by atoms with van der Waals surface area (Å²) in [5.41, 5.74) is 1.61. The predicted octanol–water partition coefficient (Wildman–Crippen LogP) is 2.48. The fourth-order valence-electron chi connectivity index (χ4n) is 3.05. The molecular weight excluding hydrogens is 340 g/mol. The number of amides is 1. The summed E-state index contributed by atoms with van der Waals surface area (Å²) in [7, 11) is 0. The van der Waals surface area contributed by atoms with Gasteiger partial charge in [-0.05, 0) is 36.8 Å². The van der Waals surface area contributed by atoms with Crippen LogP contribution in [0.1, 0.15) is 40.0 Å². The van der Waals surface area contributed by atoms with Crippen molar-refractivity contribution in [1.29, 1.82) is 0 Å². The molecule has 0 spiro atoms. The number of aromatic nitrogens is 5. The second kappa shape index (κ2) is 6.40. The molecule has 0 aliphatic carbocycles. The lowest BCUT2D eigenvalue weighted by Gasteiger charge is -2.32. The fraction of sp³-hybridized carbons (Fsp3) is 0.438. The van der Waals surface area contributed by atoms with Crippen molar-refractivity contribution in [3.05, 3.63) is 34.0 Å². The van der Waals surface area contributed by atoms with Crippen molar-refractivity contribution in [3.8, 4) is 11.5 Å². The van der Waals surface area contributed by atoms with Crippen LogP contribution in [0.3, 0.4) is 0 Å². The van der Waals surface area contributed by atoms with Gasteiger partial charge in [-0.15, -0.1) is 16.4 Å². The van der Waals surface area contributed by atoms with E-state index in [1.807, 2.05) is 34.1 Å². The van der Waals surface area contributed by atoms with Gasteiger partial charge in [0.15, 0.2) is 5.69 Å². The SMILES string of the molecule is Cc1nc(-c2cn([C@H]3CCCN(C(=O)c4sccc4C)C3)nn2)no1. The molecule has 25 heavy (non-hydrogen) atoms. The van der Waals surface area contributed by atoms with Gasteiger partial charge in [0, 0.05) is 20.0 Å². The molecule has 0 N–H and O–H groups in total. The maximum atomic E-state index is 12.7. The van der Waals surface area contributed by atoms with Gasteiger partial charge in [-0.1, -0.05) is 10.4 Å². The Bertz CT molecular complexity index is 898. The van der Waals surface area contributed by atoms with Gasteiger partial charge in [0.05, 0.1) is 17.1 Å². The molecular formula is C16H18N6O2S. The second-order valence-electron chi connectivity index (χ2n) is 6.20. The average Bonchev–Trinajstić information content (AvgIpc) is 3.35. The van der Waals surface area contributed by atoms with Gasteiger partial charge in [0.1, 0.15) is 0 Å². The van der Waals surface area contributed by atoms with E-state index in [4.69, 9.17) is 4.52 Å². The first kappa shape index (κ1) is 15.9. The topological polar surface area (TPSA) is 89.9 Å². The Kier molecular flexibility index (Phi) is 4.08. The van der Waals surface area contributed by atoms with Crippen molar-refractivity contribution < 1.29 is 9.32 Å². The number of piperidine rings is 1. The maximum Gasteiger partial charge on any atom is 0.264 e. The van der Waals surface area contributed by atoms with E-state index in [1.165, 1.54) is 11.3 Å². The van der Waals surface area contributed by atoms with Crippen molar-refractivity contribution in [2.24, 2.45) is 0 Å². The molecule has 0 saturated carbocycles. The van der Waals surface area contributed by atoms with E-state index in [0.717, 1.165) is 29.8 Å². The summed E-state index contributed by atoms with van der Waals surface area (Å²) in [6.45, 7) is 5.11. The lowest BCUT2D eigenvalue weighted by Crippen LogP contribution is -2.40. The van der Waals surface area contributed by atoms with E-state index in [0.29, 0.717) is 24.0 Å². The highest BCUT2D eigenvalue weighted by Gasteiger charge is 2.28. The van der Waals surface area contributed by atoms with Crippen LogP contribution in [0.5, 0.6) is 0 Å². The first-order valence-electron chi connectivity index (χ1n) is 8.17. The number of hydrogen-bond donors (Lipinski definition) is 0. The van der Waals surface area contributed by atoms with E-state index >= 15 is 0 Å².